The Hall–Kier alpha value is 0.440. The second-order valence-corrected chi connectivity index (χ2v) is 7.87. The molecule has 0 aromatic heterocycles. The normalized spacial score (nSPS) is 12.0. The standard InChI is InChI=1S/C18H40N.BrH/c1-17(2)13-9-7-11-15-19(5,6)16-12-8-10-14-18(3)4;/h17-18H,7-16H2,1-6H3;1H/q+1;/p-1. The van der Waals surface area contributed by atoms with E-state index in [9.17, 15) is 0 Å². The minimum atomic E-state index is 0. The molecule has 0 aliphatic heterocycles. The lowest BCUT2D eigenvalue weighted by Gasteiger charge is -2.30. The van der Waals surface area contributed by atoms with Crippen LogP contribution in [0, 0.1) is 11.8 Å². The molecule has 0 saturated carbocycles. The summed E-state index contributed by atoms with van der Waals surface area (Å²) in [6.07, 6.45) is 11.3. The summed E-state index contributed by atoms with van der Waals surface area (Å²) in [7, 11) is 4.82. The topological polar surface area (TPSA) is 0 Å². The van der Waals surface area contributed by atoms with E-state index in [1.54, 1.807) is 0 Å². The fourth-order valence-electron chi connectivity index (χ4n) is 2.65. The molecule has 0 aliphatic rings. The van der Waals surface area contributed by atoms with Gasteiger partial charge in [-0.3, -0.25) is 0 Å². The molecule has 0 aliphatic carbocycles. The van der Waals surface area contributed by atoms with Crippen LogP contribution >= 0.6 is 0 Å². The summed E-state index contributed by atoms with van der Waals surface area (Å²) in [5.74, 6) is 1.76. The van der Waals surface area contributed by atoms with Crippen molar-refractivity contribution in [2.24, 2.45) is 11.8 Å². The average molecular weight is 350 g/mol. The molecule has 0 atom stereocenters. The van der Waals surface area contributed by atoms with Crippen molar-refractivity contribution >= 4 is 0 Å². The van der Waals surface area contributed by atoms with E-state index in [0.717, 1.165) is 11.8 Å². The zero-order valence-corrected chi connectivity index (χ0v) is 16.6. The zero-order valence-electron chi connectivity index (χ0n) is 15.1. The highest BCUT2D eigenvalue weighted by molar-refractivity contribution is 4.49. The highest BCUT2D eigenvalue weighted by Crippen LogP contribution is 2.13. The first-order valence-electron chi connectivity index (χ1n) is 8.65. The Morgan fingerprint density at radius 3 is 1.25 bits per heavy atom. The van der Waals surface area contributed by atoms with Gasteiger partial charge in [-0.1, -0.05) is 53.4 Å². The predicted octanol–water partition coefficient (Wildman–Crippen LogP) is 2.50. The zero-order chi connectivity index (χ0) is 14.7. The Morgan fingerprint density at radius 1 is 0.600 bits per heavy atom. The van der Waals surface area contributed by atoms with E-state index >= 15 is 0 Å². The van der Waals surface area contributed by atoms with E-state index in [-0.39, 0.29) is 17.0 Å². The Balaban J connectivity index is 0. The molecule has 0 N–H and O–H groups in total. The van der Waals surface area contributed by atoms with Gasteiger partial charge < -0.3 is 21.5 Å². The summed E-state index contributed by atoms with van der Waals surface area (Å²) in [5, 5.41) is 0. The summed E-state index contributed by atoms with van der Waals surface area (Å²) in [6.45, 7) is 12.0. The van der Waals surface area contributed by atoms with Crippen molar-refractivity contribution in [1.29, 1.82) is 0 Å². The molecule has 2 heteroatoms. The van der Waals surface area contributed by atoms with E-state index in [2.05, 4.69) is 41.8 Å². The number of hydrogen-bond acceptors (Lipinski definition) is 0. The van der Waals surface area contributed by atoms with Gasteiger partial charge in [0.05, 0.1) is 27.2 Å². The van der Waals surface area contributed by atoms with E-state index in [1.807, 2.05) is 0 Å². The summed E-state index contributed by atoms with van der Waals surface area (Å²) in [4.78, 5) is 0. The van der Waals surface area contributed by atoms with Crippen LogP contribution in [-0.4, -0.2) is 31.7 Å². The van der Waals surface area contributed by atoms with Crippen molar-refractivity contribution in [3.63, 3.8) is 0 Å². The molecule has 0 unspecified atom stereocenters. The molecule has 0 amide bonds. The quantitative estimate of drug-likeness (QED) is 0.375. The van der Waals surface area contributed by atoms with E-state index in [1.165, 1.54) is 68.9 Å². The first-order chi connectivity index (χ1) is 8.83. The second-order valence-electron chi connectivity index (χ2n) is 7.87. The van der Waals surface area contributed by atoms with Gasteiger partial charge in [0.15, 0.2) is 0 Å². The van der Waals surface area contributed by atoms with Crippen molar-refractivity contribution in [1.82, 2.24) is 0 Å². The molecule has 0 aromatic carbocycles. The maximum absolute atomic E-state index is 2.41. The number of rotatable bonds is 12. The lowest BCUT2D eigenvalue weighted by atomic mass is 10.0. The predicted molar refractivity (Wildman–Crippen MR) is 88.5 cm³/mol. The Labute approximate surface area is 139 Å². The molecule has 20 heavy (non-hydrogen) atoms. The third-order valence-corrected chi connectivity index (χ3v) is 4.09. The molecule has 0 aromatic rings. The molecule has 0 bridgehead atoms. The van der Waals surface area contributed by atoms with Gasteiger partial charge in [-0.15, -0.1) is 0 Å². The summed E-state index contributed by atoms with van der Waals surface area (Å²) in [5.41, 5.74) is 0. The minimum absolute atomic E-state index is 0. The van der Waals surface area contributed by atoms with Gasteiger partial charge in [0.2, 0.25) is 0 Å². The Kier molecular flexibility index (Phi) is 14.9. The van der Waals surface area contributed by atoms with Crippen molar-refractivity contribution < 1.29 is 21.5 Å². The fraction of sp³-hybridized carbons (Fsp3) is 1.00. The Bertz CT molecular complexity index is 180. The average Bonchev–Trinajstić information content (AvgIpc) is 2.27. The van der Waals surface area contributed by atoms with E-state index < -0.39 is 0 Å². The molecule has 0 saturated heterocycles. The van der Waals surface area contributed by atoms with E-state index in [4.69, 9.17) is 0 Å². The van der Waals surface area contributed by atoms with Gasteiger partial charge in [-0.05, 0) is 37.5 Å². The Morgan fingerprint density at radius 2 is 0.950 bits per heavy atom. The van der Waals surface area contributed by atoms with Gasteiger partial charge in [0.25, 0.3) is 0 Å². The highest BCUT2D eigenvalue weighted by Gasteiger charge is 2.13. The van der Waals surface area contributed by atoms with Crippen LogP contribution in [-0.2, 0) is 0 Å². The number of quaternary nitrogens is 1. The number of nitrogens with zero attached hydrogens (tertiary/aromatic N) is 1. The summed E-state index contributed by atoms with van der Waals surface area (Å²) < 4.78 is 1.23. The first-order valence-corrected chi connectivity index (χ1v) is 8.65. The maximum Gasteiger partial charge on any atom is 0.0782 e. The molecule has 0 spiro atoms. The molecule has 124 valence electrons. The molecule has 0 radical (unpaired) electrons. The van der Waals surface area contributed by atoms with Crippen molar-refractivity contribution in [2.75, 3.05) is 27.2 Å². The van der Waals surface area contributed by atoms with E-state index in [0.29, 0.717) is 0 Å². The number of unbranched alkanes of at least 4 members (excludes halogenated alkanes) is 4. The maximum atomic E-state index is 2.41. The summed E-state index contributed by atoms with van der Waals surface area (Å²) >= 11 is 0. The molecule has 0 fully saturated rings. The minimum Gasteiger partial charge on any atom is -1.00 e. The number of hydrogen-bond donors (Lipinski definition) is 0. The van der Waals surface area contributed by atoms with Crippen LogP contribution < -0.4 is 17.0 Å². The van der Waals surface area contributed by atoms with Crippen molar-refractivity contribution in [3.8, 4) is 0 Å². The largest absolute Gasteiger partial charge is 1.00 e. The van der Waals surface area contributed by atoms with Crippen LogP contribution in [0.1, 0.15) is 79.1 Å². The molecule has 0 rings (SSSR count). The highest BCUT2D eigenvalue weighted by atomic mass is 79.9. The third kappa shape index (κ3) is 16.5. The van der Waals surface area contributed by atoms with Gasteiger partial charge >= 0.3 is 0 Å². The number of halogens is 1. The van der Waals surface area contributed by atoms with Crippen LogP contribution in [0.25, 0.3) is 0 Å². The third-order valence-electron chi connectivity index (χ3n) is 4.09. The van der Waals surface area contributed by atoms with Crippen LogP contribution in [0.15, 0.2) is 0 Å². The molecular weight excluding hydrogens is 310 g/mol. The van der Waals surface area contributed by atoms with Crippen LogP contribution in [0.5, 0.6) is 0 Å². The lowest BCUT2D eigenvalue weighted by molar-refractivity contribution is -0.890. The molecule has 1 nitrogen and oxygen atoms in total. The smallest absolute Gasteiger partial charge is 0.0782 e. The van der Waals surface area contributed by atoms with Gasteiger partial charge in [-0.25, -0.2) is 0 Å². The lowest BCUT2D eigenvalue weighted by Crippen LogP contribution is -3.00. The fourth-order valence-corrected chi connectivity index (χ4v) is 2.65. The molecular formula is C18H40BrN. The van der Waals surface area contributed by atoms with Crippen molar-refractivity contribution in [2.45, 2.75) is 79.1 Å². The van der Waals surface area contributed by atoms with Crippen molar-refractivity contribution in [3.05, 3.63) is 0 Å². The van der Waals surface area contributed by atoms with Gasteiger partial charge in [0.1, 0.15) is 0 Å². The first kappa shape index (κ1) is 22.7. The van der Waals surface area contributed by atoms with Gasteiger partial charge in [0, 0.05) is 0 Å². The van der Waals surface area contributed by atoms with Gasteiger partial charge in [-0.2, -0.15) is 0 Å². The second kappa shape index (κ2) is 13.1. The summed E-state index contributed by atoms with van der Waals surface area (Å²) in [6, 6.07) is 0. The van der Waals surface area contributed by atoms with Crippen LogP contribution in [0.4, 0.5) is 0 Å². The van der Waals surface area contributed by atoms with Crippen LogP contribution in [0.2, 0.25) is 0 Å². The monoisotopic (exact) mass is 349 g/mol. The SMILES string of the molecule is CC(C)CCCCC[N+](C)(C)CCCCCC(C)C.[Br-]. The van der Waals surface area contributed by atoms with Crippen LogP contribution in [0.3, 0.4) is 0 Å². The molecule has 0 heterocycles.